The second-order valence-electron chi connectivity index (χ2n) is 4.25. The molecule has 1 N–H and O–H groups in total. The van der Waals surface area contributed by atoms with Crippen LogP contribution in [0, 0.1) is 12.8 Å². The monoisotopic (exact) mass is 225 g/mol. The molecule has 1 aliphatic heterocycles. The van der Waals surface area contributed by atoms with Crippen molar-refractivity contribution < 1.29 is 0 Å². The van der Waals surface area contributed by atoms with Gasteiger partial charge in [-0.05, 0) is 37.2 Å². The van der Waals surface area contributed by atoms with Crippen molar-refractivity contribution in [2.45, 2.75) is 19.8 Å². The standard InChI is InChI=1S/C11H19N3S/c1-9-8-14(2)11(13-9)12-7-10-3-5-15-6-4-10/h8,10H,3-7H2,1-2H3,(H,12,13). The van der Waals surface area contributed by atoms with Crippen LogP contribution in [-0.2, 0) is 7.05 Å². The number of nitrogens with one attached hydrogen (secondary N) is 1. The topological polar surface area (TPSA) is 29.9 Å². The Morgan fingerprint density at radius 3 is 2.87 bits per heavy atom. The van der Waals surface area contributed by atoms with Gasteiger partial charge in [0.25, 0.3) is 0 Å². The molecular formula is C11H19N3S. The molecule has 0 radical (unpaired) electrons. The van der Waals surface area contributed by atoms with Crippen molar-refractivity contribution in [1.82, 2.24) is 9.55 Å². The van der Waals surface area contributed by atoms with Gasteiger partial charge in [0.2, 0.25) is 5.95 Å². The van der Waals surface area contributed by atoms with Crippen molar-refractivity contribution in [2.24, 2.45) is 13.0 Å². The summed E-state index contributed by atoms with van der Waals surface area (Å²) in [4.78, 5) is 4.44. The minimum atomic E-state index is 0.836. The molecule has 1 fully saturated rings. The number of anilines is 1. The van der Waals surface area contributed by atoms with Gasteiger partial charge in [-0.15, -0.1) is 0 Å². The lowest BCUT2D eigenvalue weighted by atomic mass is 10.0. The predicted octanol–water partition coefficient (Wildman–Crippen LogP) is 2.28. The molecule has 15 heavy (non-hydrogen) atoms. The maximum atomic E-state index is 4.44. The van der Waals surface area contributed by atoms with Crippen LogP contribution < -0.4 is 5.32 Å². The van der Waals surface area contributed by atoms with E-state index in [1.807, 2.05) is 14.0 Å². The van der Waals surface area contributed by atoms with Gasteiger partial charge in [0.05, 0.1) is 5.69 Å². The van der Waals surface area contributed by atoms with Crippen molar-refractivity contribution >= 4 is 17.7 Å². The Kier molecular flexibility index (Phi) is 3.57. The maximum Gasteiger partial charge on any atom is 0.202 e. The molecule has 0 spiro atoms. The average Bonchev–Trinajstić information content (AvgIpc) is 2.56. The summed E-state index contributed by atoms with van der Waals surface area (Å²) in [7, 11) is 2.04. The molecule has 1 saturated heterocycles. The Hall–Kier alpha value is -0.640. The molecule has 2 heterocycles. The van der Waals surface area contributed by atoms with Crippen molar-refractivity contribution in [3.8, 4) is 0 Å². The number of hydrogen-bond acceptors (Lipinski definition) is 3. The zero-order valence-corrected chi connectivity index (χ0v) is 10.3. The van der Waals surface area contributed by atoms with Crippen LogP contribution in [0.1, 0.15) is 18.5 Å². The zero-order valence-electron chi connectivity index (χ0n) is 9.49. The summed E-state index contributed by atoms with van der Waals surface area (Å²) in [6.45, 7) is 3.10. The van der Waals surface area contributed by atoms with Crippen LogP contribution in [0.2, 0.25) is 0 Å². The number of nitrogens with zero attached hydrogens (tertiary/aromatic N) is 2. The highest BCUT2D eigenvalue weighted by atomic mass is 32.2. The molecule has 4 heteroatoms. The average molecular weight is 225 g/mol. The van der Waals surface area contributed by atoms with Crippen LogP contribution >= 0.6 is 11.8 Å². The summed E-state index contributed by atoms with van der Waals surface area (Å²) in [5, 5.41) is 3.45. The molecule has 1 aromatic rings. The fraction of sp³-hybridized carbons (Fsp3) is 0.727. The Labute approximate surface area is 95.7 Å². The van der Waals surface area contributed by atoms with Gasteiger partial charge in [-0.1, -0.05) is 0 Å². The molecule has 0 amide bonds. The molecule has 0 bridgehead atoms. The van der Waals surface area contributed by atoms with E-state index in [1.165, 1.54) is 24.3 Å². The Bertz CT molecular complexity index is 316. The summed E-state index contributed by atoms with van der Waals surface area (Å²) in [6.07, 6.45) is 4.75. The normalized spacial score (nSPS) is 18.0. The Morgan fingerprint density at radius 2 is 2.27 bits per heavy atom. The van der Waals surface area contributed by atoms with Gasteiger partial charge in [-0.25, -0.2) is 4.98 Å². The fourth-order valence-corrected chi connectivity index (χ4v) is 3.17. The Balaban J connectivity index is 1.84. The number of rotatable bonds is 3. The molecule has 1 aromatic heterocycles. The van der Waals surface area contributed by atoms with Crippen LogP contribution in [-0.4, -0.2) is 27.6 Å². The van der Waals surface area contributed by atoms with E-state index >= 15 is 0 Å². The van der Waals surface area contributed by atoms with Gasteiger partial charge in [-0.3, -0.25) is 0 Å². The second-order valence-corrected chi connectivity index (χ2v) is 5.48. The van der Waals surface area contributed by atoms with E-state index in [2.05, 4.69) is 32.8 Å². The van der Waals surface area contributed by atoms with Crippen molar-refractivity contribution in [3.63, 3.8) is 0 Å². The lowest BCUT2D eigenvalue weighted by Crippen LogP contribution is -2.20. The summed E-state index contributed by atoms with van der Waals surface area (Å²) in [5.74, 6) is 4.49. The second kappa shape index (κ2) is 4.92. The van der Waals surface area contributed by atoms with E-state index in [1.54, 1.807) is 0 Å². The van der Waals surface area contributed by atoms with Crippen LogP contribution in [0.5, 0.6) is 0 Å². The van der Waals surface area contributed by atoms with E-state index in [9.17, 15) is 0 Å². The molecular weight excluding hydrogens is 206 g/mol. The molecule has 0 unspecified atom stereocenters. The molecule has 0 aliphatic carbocycles. The van der Waals surface area contributed by atoms with E-state index in [-0.39, 0.29) is 0 Å². The third-order valence-electron chi connectivity index (χ3n) is 2.89. The first-order valence-electron chi connectivity index (χ1n) is 5.57. The number of aromatic nitrogens is 2. The van der Waals surface area contributed by atoms with Crippen molar-refractivity contribution in [1.29, 1.82) is 0 Å². The largest absolute Gasteiger partial charge is 0.355 e. The fourth-order valence-electron chi connectivity index (χ4n) is 1.97. The van der Waals surface area contributed by atoms with Gasteiger partial charge >= 0.3 is 0 Å². The zero-order chi connectivity index (χ0) is 10.7. The lowest BCUT2D eigenvalue weighted by molar-refractivity contribution is 0.514. The predicted molar refractivity (Wildman–Crippen MR) is 66.5 cm³/mol. The number of hydrogen-bond donors (Lipinski definition) is 1. The van der Waals surface area contributed by atoms with Gasteiger partial charge < -0.3 is 9.88 Å². The van der Waals surface area contributed by atoms with Crippen LogP contribution in [0.4, 0.5) is 5.95 Å². The van der Waals surface area contributed by atoms with E-state index in [0.717, 1.165) is 24.1 Å². The van der Waals surface area contributed by atoms with Gasteiger partial charge in [0.15, 0.2) is 0 Å². The summed E-state index contributed by atoms with van der Waals surface area (Å²) in [6, 6.07) is 0. The van der Waals surface area contributed by atoms with Crippen LogP contribution in [0.25, 0.3) is 0 Å². The maximum absolute atomic E-state index is 4.44. The highest BCUT2D eigenvalue weighted by Crippen LogP contribution is 2.22. The van der Waals surface area contributed by atoms with Gasteiger partial charge in [0, 0.05) is 19.8 Å². The summed E-state index contributed by atoms with van der Waals surface area (Å²) < 4.78 is 2.06. The summed E-state index contributed by atoms with van der Waals surface area (Å²) >= 11 is 2.08. The number of thioether (sulfide) groups is 1. The summed E-state index contributed by atoms with van der Waals surface area (Å²) in [5.41, 5.74) is 1.08. The van der Waals surface area contributed by atoms with E-state index in [0.29, 0.717) is 0 Å². The van der Waals surface area contributed by atoms with Crippen LogP contribution in [0.15, 0.2) is 6.20 Å². The smallest absolute Gasteiger partial charge is 0.202 e. The number of aryl methyl sites for hydroxylation is 2. The quantitative estimate of drug-likeness (QED) is 0.856. The minimum absolute atomic E-state index is 0.836. The van der Waals surface area contributed by atoms with E-state index < -0.39 is 0 Å². The van der Waals surface area contributed by atoms with Gasteiger partial charge in [-0.2, -0.15) is 11.8 Å². The SMILES string of the molecule is Cc1cn(C)c(NCC2CCSCC2)n1. The van der Waals surface area contributed by atoms with Gasteiger partial charge in [0.1, 0.15) is 0 Å². The number of imidazole rings is 1. The molecule has 0 saturated carbocycles. The van der Waals surface area contributed by atoms with Crippen molar-refractivity contribution in [3.05, 3.63) is 11.9 Å². The first-order valence-corrected chi connectivity index (χ1v) is 6.73. The van der Waals surface area contributed by atoms with Crippen LogP contribution in [0.3, 0.4) is 0 Å². The first-order chi connectivity index (χ1) is 7.25. The van der Waals surface area contributed by atoms with Crippen molar-refractivity contribution in [2.75, 3.05) is 23.4 Å². The molecule has 0 aromatic carbocycles. The lowest BCUT2D eigenvalue weighted by Gasteiger charge is -2.21. The third kappa shape index (κ3) is 2.91. The molecule has 3 nitrogen and oxygen atoms in total. The first kappa shape index (κ1) is 10.9. The molecule has 84 valence electrons. The third-order valence-corrected chi connectivity index (χ3v) is 3.94. The molecule has 2 rings (SSSR count). The highest BCUT2D eigenvalue weighted by Gasteiger charge is 2.14. The minimum Gasteiger partial charge on any atom is -0.355 e. The van der Waals surface area contributed by atoms with E-state index in [4.69, 9.17) is 0 Å². The Morgan fingerprint density at radius 1 is 1.53 bits per heavy atom. The highest BCUT2D eigenvalue weighted by molar-refractivity contribution is 7.99. The molecule has 0 atom stereocenters. The molecule has 1 aliphatic rings.